The van der Waals surface area contributed by atoms with Crippen LogP contribution < -0.4 is 30.2 Å². The summed E-state index contributed by atoms with van der Waals surface area (Å²) in [6.45, 7) is -0.211. The second-order valence-electron chi connectivity index (χ2n) is 6.27. The Labute approximate surface area is 183 Å². The number of nitrogens with one attached hydrogen (secondary N) is 3. The van der Waals surface area contributed by atoms with Gasteiger partial charge in [-0.3, -0.25) is 25.0 Å². The number of carbonyl (C=O) groups is 3. The summed E-state index contributed by atoms with van der Waals surface area (Å²) in [4.78, 5) is 35.9. The lowest BCUT2D eigenvalue weighted by Gasteiger charge is -2.16. The van der Waals surface area contributed by atoms with Crippen molar-refractivity contribution in [3.05, 3.63) is 53.6 Å². The van der Waals surface area contributed by atoms with Crippen LogP contribution in [0, 0.1) is 0 Å². The van der Waals surface area contributed by atoms with E-state index in [1.54, 1.807) is 42.5 Å². The number of carbonyl (C=O) groups excluding carboxylic acids is 3. The van der Waals surface area contributed by atoms with Gasteiger partial charge in [0, 0.05) is 11.8 Å². The van der Waals surface area contributed by atoms with Gasteiger partial charge in [0.2, 0.25) is 0 Å². The molecular formula is C21H19N3O6S. The molecule has 0 radical (unpaired) electrons. The third-order valence-corrected chi connectivity index (χ3v) is 4.38. The minimum atomic E-state index is -0.569. The molecule has 1 heterocycles. The molecule has 0 unspecified atom stereocenters. The predicted molar refractivity (Wildman–Crippen MR) is 117 cm³/mol. The third-order valence-electron chi connectivity index (χ3n) is 4.17. The topological polar surface area (TPSA) is 115 Å². The van der Waals surface area contributed by atoms with Crippen molar-refractivity contribution in [2.45, 2.75) is 0 Å². The van der Waals surface area contributed by atoms with E-state index in [0.29, 0.717) is 28.5 Å². The average molecular weight is 441 g/mol. The quantitative estimate of drug-likeness (QED) is 0.340. The highest BCUT2D eigenvalue weighted by atomic mass is 32.1. The standard InChI is InChI=1S/C21H19N3O6S/c1-28-16-8-5-13(10-17(16)29-2)22-18(25)11-30-14-6-3-12(4-7-14)9-15-19(26)23-21(31)24-20(15)27/h3-10H,11H2,1-2H3,(H,22,25)(H2,23,24,26,27,31). The van der Waals surface area contributed by atoms with Gasteiger partial charge in [-0.15, -0.1) is 0 Å². The van der Waals surface area contributed by atoms with Crippen LogP contribution in [0.5, 0.6) is 17.2 Å². The van der Waals surface area contributed by atoms with Crippen molar-refractivity contribution in [3.8, 4) is 17.2 Å². The van der Waals surface area contributed by atoms with Crippen molar-refractivity contribution in [1.82, 2.24) is 10.6 Å². The number of hydrogen-bond acceptors (Lipinski definition) is 7. The first-order valence-corrected chi connectivity index (χ1v) is 9.43. The number of thiocarbonyl (C=S) groups is 1. The first-order chi connectivity index (χ1) is 14.9. The number of ether oxygens (including phenoxy) is 3. The predicted octanol–water partition coefficient (Wildman–Crippen LogP) is 1.64. The van der Waals surface area contributed by atoms with E-state index in [4.69, 9.17) is 26.4 Å². The molecular weight excluding hydrogens is 422 g/mol. The van der Waals surface area contributed by atoms with Crippen molar-refractivity contribution >= 4 is 46.8 Å². The maximum Gasteiger partial charge on any atom is 0.263 e. The van der Waals surface area contributed by atoms with Gasteiger partial charge in [-0.2, -0.15) is 0 Å². The molecule has 31 heavy (non-hydrogen) atoms. The van der Waals surface area contributed by atoms with Crippen molar-refractivity contribution in [3.63, 3.8) is 0 Å². The van der Waals surface area contributed by atoms with Crippen LogP contribution in [-0.2, 0) is 14.4 Å². The maximum atomic E-state index is 12.2. The largest absolute Gasteiger partial charge is 0.493 e. The second-order valence-corrected chi connectivity index (χ2v) is 6.68. The third kappa shape index (κ3) is 5.58. The Balaban J connectivity index is 1.57. The molecule has 2 aromatic carbocycles. The van der Waals surface area contributed by atoms with Gasteiger partial charge in [0.05, 0.1) is 14.2 Å². The molecule has 0 saturated carbocycles. The molecule has 1 saturated heterocycles. The molecule has 0 bridgehead atoms. The SMILES string of the molecule is COc1ccc(NC(=O)COc2ccc(C=C3C(=O)NC(=S)NC3=O)cc2)cc1OC. The van der Waals surface area contributed by atoms with Gasteiger partial charge >= 0.3 is 0 Å². The highest BCUT2D eigenvalue weighted by molar-refractivity contribution is 7.80. The van der Waals surface area contributed by atoms with Crippen LogP contribution in [0.25, 0.3) is 6.08 Å². The summed E-state index contributed by atoms with van der Waals surface area (Å²) in [6.07, 6.45) is 1.43. The van der Waals surface area contributed by atoms with E-state index in [-0.39, 0.29) is 23.2 Å². The van der Waals surface area contributed by atoms with Crippen molar-refractivity contribution in [1.29, 1.82) is 0 Å². The first-order valence-electron chi connectivity index (χ1n) is 9.02. The molecule has 3 amide bonds. The van der Waals surface area contributed by atoms with Crippen LogP contribution in [0.4, 0.5) is 5.69 Å². The normalized spacial score (nSPS) is 13.1. The van der Waals surface area contributed by atoms with E-state index in [2.05, 4.69) is 16.0 Å². The summed E-state index contributed by atoms with van der Waals surface area (Å²) in [5.74, 6) is 0.000808. The lowest BCUT2D eigenvalue weighted by atomic mass is 10.1. The van der Waals surface area contributed by atoms with Gasteiger partial charge in [-0.1, -0.05) is 12.1 Å². The van der Waals surface area contributed by atoms with Gasteiger partial charge in [-0.25, -0.2) is 0 Å². The number of methoxy groups -OCH3 is 2. The fourth-order valence-electron chi connectivity index (χ4n) is 2.69. The van der Waals surface area contributed by atoms with Crippen LogP contribution in [0.15, 0.2) is 48.0 Å². The van der Waals surface area contributed by atoms with Crippen molar-refractivity contribution in [2.24, 2.45) is 0 Å². The summed E-state index contributed by atoms with van der Waals surface area (Å²) in [5.41, 5.74) is 1.09. The highest BCUT2D eigenvalue weighted by Gasteiger charge is 2.25. The Kier molecular flexibility index (Phi) is 6.83. The summed E-state index contributed by atoms with van der Waals surface area (Å²) in [7, 11) is 3.04. The number of rotatable bonds is 7. The zero-order chi connectivity index (χ0) is 22.4. The molecule has 0 aromatic heterocycles. The molecule has 1 aliphatic rings. The smallest absolute Gasteiger partial charge is 0.263 e. The summed E-state index contributed by atoms with van der Waals surface area (Å²) in [6, 6.07) is 11.6. The van der Waals surface area contributed by atoms with Crippen LogP contribution in [0.1, 0.15) is 5.56 Å². The molecule has 10 heteroatoms. The molecule has 0 spiro atoms. The van der Waals surface area contributed by atoms with Crippen LogP contribution in [0.2, 0.25) is 0 Å². The Morgan fingerprint density at radius 1 is 1.00 bits per heavy atom. The van der Waals surface area contributed by atoms with Crippen molar-refractivity contribution in [2.75, 3.05) is 26.1 Å². The monoisotopic (exact) mass is 441 g/mol. The molecule has 3 rings (SSSR count). The molecule has 2 aromatic rings. The molecule has 0 atom stereocenters. The Morgan fingerprint density at radius 3 is 2.26 bits per heavy atom. The Hall–Kier alpha value is -3.92. The zero-order valence-corrected chi connectivity index (χ0v) is 17.5. The Bertz CT molecular complexity index is 1040. The second kappa shape index (κ2) is 9.72. The van der Waals surface area contributed by atoms with Gasteiger partial charge in [0.15, 0.2) is 23.2 Å². The number of hydrogen-bond donors (Lipinski definition) is 3. The molecule has 9 nitrogen and oxygen atoms in total. The minimum absolute atomic E-state index is 0.0257. The fourth-order valence-corrected chi connectivity index (χ4v) is 2.88. The van der Waals surface area contributed by atoms with E-state index < -0.39 is 11.8 Å². The zero-order valence-electron chi connectivity index (χ0n) is 16.7. The average Bonchev–Trinajstić information content (AvgIpc) is 2.75. The van der Waals surface area contributed by atoms with E-state index in [0.717, 1.165) is 0 Å². The number of benzene rings is 2. The Morgan fingerprint density at radius 2 is 1.65 bits per heavy atom. The molecule has 0 aliphatic carbocycles. The van der Waals surface area contributed by atoms with E-state index in [9.17, 15) is 14.4 Å². The molecule has 1 fully saturated rings. The van der Waals surface area contributed by atoms with Gasteiger partial charge < -0.3 is 19.5 Å². The molecule has 1 aliphatic heterocycles. The van der Waals surface area contributed by atoms with Gasteiger partial charge in [-0.05, 0) is 48.1 Å². The number of anilines is 1. The molecule has 160 valence electrons. The lowest BCUT2D eigenvalue weighted by Crippen LogP contribution is -2.51. The van der Waals surface area contributed by atoms with Crippen LogP contribution in [0.3, 0.4) is 0 Å². The first kappa shape index (κ1) is 21.8. The van der Waals surface area contributed by atoms with Gasteiger partial charge in [0.25, 0.3) is 17.7 Å². The number of amides is 3. The minimum Gasteiger partial charge on any atom is -0.493 e. The van der Waals surface area contributed by atoms with Crippen molar-refractivity contribution < 1.29 is 28.6 Å². The van der Waals surface area contributed by atoms with Gasteiger partial charge in [0.1, 0.15) is 11.3 Å². The lowest BCUT2D eigenvalue weighted by molar-refractivity contribution is -0.123. The summed E-state index contributed by atoms with van der Waals surface area (Å²) >= 11 is 4.76. The van der Waals surface area contributed by atoms with E-state index in [1.807, 2.05) is 0 Å². The van der Waals surface area contributed by atoms with Crippen LogP contribution in [-0.4, -0.2) is 43.7 Å². The summed E-state index contributed by atoms with van der Waals surface area (Å²) in [5, 5.41) is 7.41. The van der Waals surface area contributed by atoms with E-state index in [1.165, 1.54) is 20.3 Å². The highest BCUT2D eigenvalue weighted by Crippen LogP contribution is 2.29. The van der Waals surface area contributed by atoms with Crippen LogP contribution >= 0.6 is 12.2 Å². The summed E-state index contributed by atoms with van der Waals surface area (Å²) < 4.78 is 15.8. The maximum absolute atomic E-state index is 12.2. The molecule has 3 N–H and O–H groups in total. The van der Waals surface area contributed by atoms with E-state index >= 15 is 0 Å². The fraction of sp³-hybridized carbons (Fsp3) is 0.143.